The monoisotopic (exact) mass is 319 g/mol. The molecule has 0 saturated heterocycles. The Morgan fingerprint density at radius 2 is 1.87 bits per heavy atom. The van der Waals surface area contributed by atoms with Gasteiger partial charge in [0.25, 0.3) is 5.91 Å². The van der Waals surface area contributed by atoms with E-state index in [0.717, 1.165) is 5.01 Å². The number of hydrogen-bond donors (Lipinski definition) is 1. The SMILES string of the molecule is CN1N=C(c2ccccc2)C(C)(N(O)C(=O)OC(C)(C)C)C1=O. The lowest BCUT2D eigenvalue weighted by atomic mass is 9.90. The van der Waals surface area contributed by atoms with Crippen molar-refractivity contribution in [1.29, 1.82) is 0 Å². The number of benzene rings is 1. The molecule has 2 amide bonds. The molecule has 7 nitrogen and oxygen atoms in total. The lowest BCUT2D eigenvalue weighted by Gasteiger charge is -2.33. The van der Waals surface area contributed by atoms with Crippen LogP contribution in [-0.2, 0) is 9.53 Å². The van der Waals surface area contributed by atoms with Crippen LogP contribution in [0.25, 0.3) is 0 Å². The molecule has 1 heterocycles. The van der Waals surface area contributed by atoms with Gasteiger partial charge in [0.05, 0.1) is 0 Å². The van der Waals surface area contributed by atoms with Crippen LogP contribution in [0.2, 0.25) is 0 Å². The van der Waals surface area contributed by atoms with E-state index >= 15 is 0 Å². The second-order valence-corrected chi connectivity index (χ2v) is 6.51. The molecule has 0 fully saturated rings. The first-order chi connectivity index (χ1) is 10.6. The zero-order chi connectivity index (χ0) is 17.4. The van der Waals surface area contributed by atoms with Gasteiger partial charge in [0.1, 0.15) is 11.3 Å². The van der Waals surface area contributed by atoms with Gasteiger partial charge in [-0.15, -0.1) is 0 Å². The van der Waals surface area contributed by atoms with E-state index in [1.807, 2.05) is 6.07 Å². The highest BCUT2D eigenvalue weighted by atomic mass is 16.6. The Morgan fingerprint density at radius 1 is 1.30 bits per heavy atom. The molecular weight excluding hydrogens is 298 g/mol. The molecule has 1 aromatic rings. The Balaban J connectivity index is 2.42. The summed E-state index contributed by atoms with van der Waals surface area (Å²) >= 11 is 0. The number of hydroxylamine groups is 2. The van der Waals surface area contributed by atoms with Gasteiger partial charge < -0.3 is 4.74 Å². The van der Waals surface area contributed by atoms with Crippen LogP contribution >= 0.6 is 0 Å². The van der Waals surface area contributed by atoms with Crippen molar-refractivity contribution >= 4 is 17.7 Å². The molecule has 1 unspecified atom stereocenters. The molecule has 23 heavy (non-hydrogen) atoms. The molecule has 0 aromatic heterocycles. The normalized spacial score (nSPS) is 21.2. The lowest BCUT2D eigenvalue weighted by Crippen LogP contribution is -2.59. The Morgan fingerprint density at radius 3 is 2.39 bits per heavy atom. The quantitative estimate of drug-likeness (QED) is 0.669. The van der Waals surface area contributed by atoms with Gasteiger partial charge in [-0.2, -0.15) is 10.2 Å². The van der Waals surface area contributed by atoms with Crippen LogP contribution in [0.15, 0.2) is 35.4 Å². The third kappa shape index (κ3) is 3.05. The minimum Gasteiger partial charge on any atom is -0.442 e. The summed E-state index contributed by atoms with van der Waals surface area (Å²) in [7, 11) is 1.47. The molecular formula is C16H21N3O4. The Kier molecular flexibility index (Phi) is 4.17. The summed E-state index contributed by atoms with van der Waals surface area (Å²) in [6.07, 6.45) is -1.01. The third-order valence-corrected chi connectivity index (χ3v) is 3.46. The van der Waals surface area contributed by atoms with E-state index in [9.17, 15) is 14.8 Å². The average Bonchev–Trinajstić information content (AvgIpc) is 2.71. The minimum atomic E-state index is -1.65. The molecule has 7 heteroatoms. The van der Waals surface area contributed by atoms with E-state index in [2.05, 4.69) is 5.10 Å². The van der Waals surface area contributed by atoms with E-state index in [-0.39, 0.29) is 5.71 Å². The van der Waals surface area contributed by atoms with Crippen molar-refractivity contribution in [3.63, 3.8) is 0 Å². The fourth-order valence-electron chi connectivity index (χ4n) is 2.32. The largest absolute Gasteiger partial charge is 0.442 e. The van der Waals surface area contributed by atoms with Crippen molar-refractivity contribution in [2.45, 2.75) is 38.8 Å². The number of ether oxygens (including phenoxy) is 1. The van der Waals surface area contributed by atoms with Crippen molar-refractivity contribution in [2.24, 2.45) is 5.10 Å². The van der Waals surface area contributed by atoms with Gasteiger partial charge in [-0.25, -0.2) is 9.80 Å². The molecule has 0 spiro atoms. The van der Waals surface area contributed by atoms with Crippen LogP contribution < -0.4 is 0 Å². The number of hydrogen-bond acceptors (Lipinski definition) is 5. The molecule has 0 bridgehead atoms. The number of hydrazone groups is 1. The highest BCUT2D eigenvalue weighted by Crippen LogP contribution is 2.30. The van der Waals surface area contributed by atoms with E-state index in [1.54, 1.807) is 45.0 Å². The summed E-state index contributed by atoms with van der Waals surface area (Å²) in [5.41, 5.74) is -1.54. The second-order valence-electron chi connectivity index (χ2n) is 6.51. The fraction of sp³-hybridized carbons (Fsp3) is 0.438. The van der Waals surface area contributed by atoms with Crippen molar-refractivity contribution in [3.8, 4) is 0 Å². The summed E-state index contributed by atoms with van der Waals surface area (Å²) in [5.74, 6) is -0.523. The number of carbonyl (C=O) groups excluding carboxylic acids is 2. The molecule has 1 N–H and O–H groups in total. The summed E-state index contributed by atoms with van der Waals surface area (Å²) in [4.78, 5) is 24.7. The molecule has 0 saturated carbocycles. The van der Waals surface area contributed by atoms with Crippen molar-refractivity contribution < 1.29 is 19.5 Å². The number of nitrogens with zero attached hydrogens (tertiary/aromatic N) is 3. The molecule has 124 valence electrons. The van der Waals surface area contributed by atoms with E-state index in [1.165, 1.54) is 14.0 Å². The van der Waals surface area contributed by atoms with Crippen LogP contribution in [0, 0.1) is 0 Å². The third-order valence-electron chi connectivity index (χ3n) is 3.46. The Hall–Kier alpha value is -2.41. The summed E-state index contributed by atoms with van der Waals surface area (Å²) in [5, 5.41) is 16.0. The highest BCUT2D eigenvalue weighted by Gasteiger charge is 2.54. The number of amides is 2. The summed E-state index contributed by atoms with van der Waals surface area (Å²) in [6, 6.07) is 8.91. The summed E-state index contributed by atoms with van der Waals surface area (Å²) < 4.78 is 5.16. The molecule has 1 aliphatic heterocycles. The number of rotatable bonds is 2. The van der Waals surface area contributed by atoms with Crippen molar-refractivity contribution in [3.05, 3.63) is 35.9 Å². The fourth-order valence-corrected chi connectivity index (χ4v) is 2.32. The minimum absolute atomic E-state index is 0.277. The first-order valence-electron chi connectivity index (χ1n) is 7.22. The molecule has 2 rings (SSSR count). The second kappa shape index (κ2) is 5.66. The Bertz CT molecular complexity index is 651. The first kappa shape index (κ1) is 17.0. The lowest BCUT2D eigenvalue weighted by molar-refractivity contribution is -0.161. The predicted octanol–water partition coefficient (Wildman–Crippen LogP) is 2.25. The highest BCUT2D eigenvalue weighted by molar-refractivity contribution is 6.24. The maximum atomic E-state index is 12.5. The average molecular weight is 319 g/mol. The van der Waals surface area contributed by atoms with Gasteiger partial charge in [-0.05, 0) is 27.7 Å². The number of likely N-dealkylation sites (N-methyl/N-ethyl adjacent to an activating group) is 1. The topological polar surface area (TPSA) is 82.4 Å². The standard InChI is InChI=1S/C16H21N3O4/c1-15(2,3)23-14(21)19(22)16(4)12(17-18(5)13(16)20)11-9-7-6-8-10-11/h6-10,22H,1-5H3. The zero-order valence-electron chi connectivity index (χ0n) is 13.9. The van der Waals surface area contributed by atoms with E-state index in [0.29, 0.717) is 10.6 Å². The van der Waals surface area contributed by atoms with Gasteiger partial charge in [0.2, 0.25) is 0 Å². The molecule has 1 aromatic carbocycles. The first-order valence-corrected chi connectivity index (χ1v) is 7.22. The smallest absolute Gasteiger partial charge is 0.435 e. The van der Waals surface area contributed by atoms with E-state index in [4.69, 9.17) is 4.74 Å². The Labute approximate surface area is 135 Å². The maximum absolute atomic E-state index is 12.5. The van der Waals surface area contributed by atoms with Crippen LogP contribution in [0.1, 0.15) is 33.3 Å². The van der Waals surface area contributed by atoms with Crippen molar-refractivity contribution in [2.75, 3.05) is 7.05 Å². The van der Waals surface area contributed by atoms with Crippen LogP contribution in [0.4, 0.5) is 4.79 Å². The molecule has 0 aliphatic carbocycles. The van der Waals surface area contributed by atoms with Gasteiger partial charge in [0.15, 0.2) is 5.54 Å². The molecule has 0 radical (unpaired) electrons. The predicted molar refractivity (Wildman–Crippen MR) is 84.0 cm³/mol. The van der Waals surface area contributed by atoms with Crippen LogP contribution in [0.3, 0.4) is 0 Å². The molecule has 1 aliphatic rings. The summed E-state index contributed by atoms with van der Waals surface area (Å²) in [6.45, 7) is 6.47. The number of carbonyl (C=O) groups is 2. The van der Waals surface area contributed by atoms with Gasteiger partial charge in [-0.3, -0.25) is 10.0 Å². The molecule has 1 atom stereocenters. The van der Waals surface area contributed by atoms with Gasteiger partial charge in [-0.1, -0.05) is 30.3 Å². The maximum Gasteiger partial charge on any atom is 0.435 e. The van der Waals surface area contributed by atoms with Gasteiger partial charge >= 0.3 is 6.09 Å². The van der Waals surface area contributed by atoms with Crippen LogP contribution in [0.5, 0.6) is 0 Å². The van der Waals surface area contributed by atoms with Gasteiger partial charge in [0, 0.05) is 12.6 Å². The van der Waals surface area contributed by atoms with Crippen molar-refractivity contribution in [1.82, 2.24) is 10.1 Å². The van der Waals surface area contributed by atoms with E-state index < -0.39 is 23.1 Å². The van der Waals surface area contributed by atoms with Crippen LogP contribution in [-0.4, -0.2) is 51.2 Å². The zero-order valence-corrected chi connectivity index (χ0v) is 13.9.